The number of rotatable bonds is 2. The predicted molar refractivity (Wildman–Crippen MR) is 54.9 cm³/mol. The second-order valence-corrected chi connectivity index (χ2v) is 7.24. The molecule has 0 spiro atoms. The summed E-state index contributed by atoms with van der Waals surface area (Å²) in [7, 11) is 0. The van der Waals surface area contributed by atoms with E-state index >= 15 is 0 Å². The summed E-state index contributed by atoms with van der Waals surface area (Å²) < 4.78 is 19.8. The van der Waals surface area contributed by atoms with E-state index in [1.165, 1.54) is 0 Å². The first-order chi connectivity index (χ1) is 5.22. The van der Waals surface area contributed by atoms with Crippen LogP contribution in [0.25, 0.3) is 0 Å². The first-order valence-electron chi connectivity index (χ1n) is 3.18. The van der Waals surface area contributed by atoms with E-state index in [1.54, 1.807) is 0 Å². The van der Waals surface area contributed by atoms with E-state index < -0.39 is 11.6 Å². The minimum atomic E-state index is -3.29. The molecule has 0 saturated carbocycles. The van der Waals surface area contributed by atoms with Gasteiger partial charge in [0.2, 0.25) is 0 Å². The minimum Gasteiger partial charge on any atom is -0.252 e. The maximum absolute atomic E-state index is 10.9. The van der Waals surface area contributed by atoms with Crippen molar-refractivity contribution < 1.29 is 13.6 Å². The molecule has 1 fully saturated rings. The highest BCUT2D eigenvalue weighted by molar-refractivity contribution is 9.10. The Bertz CT molecular complexity index is 235. The fraction of sp³-hybridized carbons (Fsp3) is 1.00. The molecule has 0 aromatic carbocycles. The van der Waals surface area contributed by atoms with Crippen molar-refractivity contribution in [2.75, 3.05) is 5.33 Å². The third-order valence-electron chi connectivity index (χ3n) is 1.60. The van der Waals surface area contributed by atoms with Crippen molar-refractivity contribution in [3.63, 3.8) is 0 Å². The quantitative estimate of drug-likeness (QED) is 0.565. The zero-order valence-electron chi connectivity index (χ0n) is 6.51. The molecule has 72 valence electrons. The molecule has 0 bridgehead atoms. The Hall–Kier alpha value is 1.40. The molecule has 0 N–H and O–H groups in total. The third kappa shape index (κ3) is 1.91. The van der Waals surface area contributed by atoms with Crippen LogP contribution in [0.2, 0.25) is 0 Å². The SMILES string of the molecule is CC(C)(CBr)C1(Br)OP(=O)(Cl)O1. The van der Waals surface area contributed by atoms with Crippen molar-refractivity contribution >= 4 is 50.0 Å². The van der Waals surface area contributed by atoms with E-state index in [2.05, 4.69) is 31.9 Å². The van der Waals surface area contributed by atoms with Gasteiger partial charge in [-0.05, 0) is 15.9 Å². The first kappa shape index (κ1) is 11.5. The van der Waals surface area contributed by atoms with Crippen LogP contribution in [0.5, 0.6) is 0 Å². The lowest BCUT2D eigenvalue weighted by molar-refractivity contribution is -0.170. The monoisotopic (exact) mass is 340 g/mol. The summed E-state index contributed by atoms with van der Waals surface area (Å²) in [6.07, 6.45) is 0. The lowest BCUT2D eigenvalue weighted by atomic mass is 9.96. The highest BCUT2D eigenvalue weighted by Gasteiger charge is 2.61. The minimum absolute atomic E-state index is 0.337. The van der Waals surface area contributed by atoms with E-state index in [0.717, 1.165) is 0 Å². The Morgan fingerprint density at radius 2 is 2.00 bits per heavy atom. The molecule has 7 heteroatoms. The van der Waals surface area contributed by atoms with Gasteiger partial charge in [-0.25, -0.2) is 4.57 Å². The zero-order valence-corrected chi connectivity index (χ0v) is 11.3. The molecule has 1 aliphatic heterocycles. The van der Waals surface area contributed by atoms with Crippen molar-refractivity contribution in [1.82, 2.24) is 0 Å². The fourth-order valence-corrected chi connectivity index (χ4v) is 4.80. The normalized spacial score (nSPS) is 42.4. The van der Waals surface area contributed by atoms with Gasteiger partial charge in [-0.15, -0.1) is 0 Å². The van der Waals surface area contributed by atoms with Gasteiger partial charge in [0.05, 0.1) is 0 Å². The highest BCUT2D eigenvalue weighted by Crippen LogP contribution is 2.74. The smallest absolute Gasteiger partial charge is 0.252 e. The molecular weight excluding hydrogens is 334 g/mol. The molecule has 0 aromatic rings. The summed E-state index contributed by atoms with van der Waals surface area (Å²) in [6, 6.07) is 0. The molecule has 12 heavy (non-hydrogen) atoms. The molecule has 0 aliphatic carbocycles. The molecule has 1 rings (SSSR count). The van der Waals surface area contributed by atoms with Crippen molar-refractivity contribution in [2.45, 2.75) is 18.5 Å². The molecular formula is C5H8Br2ClO3P. The summed E-state index contributed by atoms with van der Waals surface area (Å²) in [4.78, 5) is 0. The zero-order chi connectivity index (χ0) is 9.62. The number of hydrogen-bond donors (Lipinski definition) is 0. The molecule has 1 saturated heterocycles. The molecule has 1 aliphatic rings. The average Bonchev–Trinajstić information content (AvgIpc) is 1.83. The van der Waals surface area contributed by atoms with Gasteiger partial charge in [0.25, 0.3) is 4.70 Å². The van der Waals surface area contributed by atoms with Gasteiger partial charge in [0.15, 0.2) is 0 Å². The Kier molecular flexibility index (Phi) is 3.07. The van der Waals surface area contributed by atoms with Crippen molar-refractivity contribution in [3.8, 4) is 0 Å². The van der Waals surface area contributed by atoms with Crippen LogP contribution in [-0.2, 0) is 13.6 Å². The lowest BCUT2D eigenvalue weighted by Gasteiger charge is -2.47. The Morgan fingerprint density at radius 3 is 2.25 bits per heavy atom. The summed E-state index contributed by atoms with van der Waals surface area (Å²) in [6.45, 7) is 0.498. The molecule has 1 heterocycles. The fourth-order valence-electron chi connectivity index (χ4n) is 0.614. The van der Waals surface area contributed by atoms with Gasteiger partial charge in [0.1, 0.15) is 0 Å². The molecule has 3 nitrogen and oxygen atoms in total. The largest absolute Gasteiger partial charge is 0.430 e. The molecule has 0 unspecified atom stereocenters. The third-order valence-corrected chi connectivity index (χ3v) is 6.26. The number of alkyl halides is 2. The molecule has 0 atom stereocenters. The van der Waals surface area contributed by atoms with E-state index in [4.69, 9.17) is 20.3 Å². The van der Waals surface area contributed by atoms with Crippen LogP contribution >= 0.6 is 50.0 Å². The van der Waals surface area contributed by atoms with Gasteiger partial charge in [-0.3, -0.25) is 9.05 Å². The van der Waals surface area contributed by atoms with E-state index in [-0.39, 0.29) is 5.41 Å². The summed E-state index contributed by atoms with van der Waals surface area (Å²) >= 11 is 11.8. The second kappa shape index (κ2) is 3.21. The van der Waals surface area contributed by atoms with E-state index in [1.807, 2.05) is 13.8 Å². The Balaban J connectivity index is 2.73. The maximum Gasteiger partial charge on any atom is 0.430 e. The Labute approximate surface area is 92.7 Å². The maximum atomic E-state index is 10.9. The summed E-state index contributed by atoms with van der Waals surface area (Å²) in [5.41, 5.74) is -0.337. The van der Waals surface area contributed by atoms with Crippen molar-refractivity contribution in [1.29, 1.82) is 0 Å². The standard InChI is InChI=1S/C5H8Br2ClO3P/c1-4(2,3-6)5(7)10-12(8,9)11-5/h3H2,1-2H3. The average molecular weight is 342 g/mol. The predicted octanol–water partition coefficient (Wildman–Crippen LogP) is 3.85. The molecule has 0 radical (unpaired) electrons. The van der Waals surface area contributed by atoms with Crippen LogP contribution in [0.3, 0.4) is 0 Å². The first-order valence-corrected chi connectivity index (χ1v) is 7.55. The number of halogens is 3. The Morgan fingerprint density at radius 1 is 1.58 bits per heavy atom. The summed E-state index contributed by atoms with van der Waals surface area (Å²) in [5, 5.41) is 0.641. The topological polar surface area (TPSA) is 35.5 Å². The van der Waals surface area contributed by atoms with Crippen LogP contribution in [0.15, 0.2) is 0 Å². The van der Waals surface area contributed by atoms with Gasteiger partial charge < -0.3 is 0 Å². The summed E-state index contributed by atoms with van der Waals surface area (Å²) in [5.74, 6) is 0. The van der Waals surface area contributed by atoms with E-state index in [9.17, 15) is 4.57 Å². The second-order valence-electron chi connectivity index (χ2n) is 3.17. The highest BCUT2D eigenvalue weighted by atomic mass is 79.9. The van der Waals surface area contributed by atoms with Gasteiger partial charge >= 0.3 is 6.95 Å². The van der Waals surface area contributed by atoms with Crippen LogP contribution < -0.4 is 0 Å². The van der Waals surface area contributed by atoms with Crippen LogP contribution in [-0.4, -0.2) is 10.0 Å². The van der Waals surface area contributed by atoms with Gasteiger partial charge in [-0.2, -0.15) is 0 Å². The number of hydrogen-bond acceptors (Lipinski definition) is 3. The molecule has 0 aromatic heterocycles. The van der Waals surface area contributed by atoms with Crippen LogP contribution in [0.1, 0.15) is 13.8 Å². The van der Waals surface area contributed by atoms with Crippen LogP contribution in [0.4, 0.5) is 0 Å². The lowest BCUT2D eigenvalue weighted by Crippen LogP contribution is -2.49. The molecule has 0 amide bonds. The van der Waals surface area contributed by atoms with Crippen molar-refractivity contribution in [3.05, 3.63) is 0 Å². The van der Waals surface area contributed by atoms with Gasteiger partial charge in [0, 0.05) is 22.0 Å². The van der Waals surface area contributed by atoms with E-state index in [0.29, 0.717) is 5.33 Å². The van der Waals surface area contributed by atoms with Crippen molar-refractivity contribution in [2.24, 2.45) is 5.41 Å². The van der Waals surface area contributed by atoms with Gasteiger partial charge in [-0.1, -0.05) is 29.8 Å². The van der Waals surface area contributed by atoms with Crippen LogP contribution in [0, 0.1) is 5.41 Å².